The molecule has 132 valence electrons. The van der Waals surface area contributed by atoms with Crippen molar-refractivity contribution in [2.75, 3.05) is 18.1 Å². The Morgan fingerprint density at radius 2 is 2.12 bits per heavy atom. The minimum atomic E-state index is -3.16. The van der Waals surface area contributed by atoms with E-state index in [4.69, 9.17) is 16.3 Å². The first-order valence-electron chi connectivity index (χ1n) is 7.20. The number of esters is 1. The fourth-order valence-corrected chi connectivity index (χ4v) is 4.85. The number of hydrogen-bond donors (Lipinski definition) is 1. The highest BCUT2D eigenvalue weighted by atomic mass is 35.5. The lowest BCUT2D eigenvalue weighted by Gasteiger charge is -2.23. The zero-order chi connectivity index (χ0) is 18.0. The van der Waals surface area contributed by atoms with E-state index in [0.717, 1.165) is 0 Å². The van der Waals surface area contributed by atoms with E-state index in [0.29, 0.717) is 6.42 Å². The molecular weight excluding hydrogens is 361 g/mol. The maximum atomic E-state index is 13.6. The summed E-state index contributed by atoms with van der Waals surface area (Å²) < 4.78 is 41.3. The molecule has 1 atom stereocenters. The van der Waals surface area contributed by atoms with Crippen molar-refractivity contribution in [1.29, 1.82) is 0 Å². The normalized spacial score (nSPS) is 22.1. The van der Waals surface area contributed by atoms with Crippen molar-refractivity contribution >= 4 is 33.3 Å². The SMILES string of the molecule is C[C@@]1(NC(=O)COC(=O)Cc2c(F)cccc2Cl)CCS(=O)(=O)C1. The van der Waals surface area contributed by atoms with Gasteiger partial charge in [-0.3, -0.25) is 9.59 Å². The molecule has 1 aromatic carbocycles. The van der Waals surface area contributed by atoms with E-state index in [1.165, 1.54) is 18.2 Å². The van der Waals surface area contributed by atoms with Gasteiger partial charge in [-0.1, -0.05) is 17.7 Å². The van der Waals surface area contributed by atoms with Crippen LogP contribution in [0.5, 0.6) is 0 Å². The van der Waals surface area contributed by atoms with Crippen molar-refractivity contribution in [3.8, 4) is 0 Å². The summed E-state index contributed by atoms with van der Waals surface area (Å²) >= 11 is 5.81. The molecule has 0 saturated carbocycles. The van der Waals surface area contributed by atoms with Crippen LogP contribution in [-0.2, 0) is 30.6 Å². The molecule has 1 saturated heterocycles. The molecule has 6 nitrogen and oxygen atoms in total. The number of benzene rings is 1. The highest BCUT2D eigenvalue weighted by Crippen LogP contribution is 2.23. The number of amides is 1. The van der Waals surface area contributed by atoms with Crippen molar-refractivity contribution in [2.45, 2.75) is 25.3 Å². The van der Waals surface area contributed by atoms with E-state index in [9.17, 15) is 22.4 Å². The van der Waals surface area contributed by atoms with Crippen molar-refractivity contribution < 1.29 is 27.1 Å². The van der Waals surface area contributed by atoms with Crippen LogP contribution >= 0.6 is 11.6 Å². The van der Waals surface area contributed by atoms with Gasteiger partial charge >= 0.3 is 5.97 Å². The smallest absolute Gasteiger partial charge is 0.310 e. The lowest BCUT2D eigenvalue weighted by Crippen LogP contribution is -2.48. The highest BCUT2D eigenvalue weighted by Gasteiger charge is 2.39. The molecule has 0 spiro atoms. The van der Waals surface area contributed by atoms with Crippen molar-refractivity contribution in [1.82, 2.24) is 5.32 Å². The molecule has 0 radical (unpaired) electrons. The molecule has 9 heteroatoms. The van der Waals surface area contributed by atoms with Gasteiger partial charge in [0.05, 0.1) is 23.5 Å². The van der Waals surface area contributed by atoms with Crippen molar-refractivity contribution in [3.05, 3.63) is 34.6 Å². The number of carbonyl (C=O) groups is 2. The molecule has 2 rings (SSSR count). The summed E-state index contributed by atoms with van der Waals surface area (Å²) in [6.07, 6.45) is -0.0930. The Bertz CT molecular complexity index is 747. The number of nitrogens with one attached hydrogen (secondary N) is 1. The van der Waals surface area contributed by atoms with Crippen LogP contribution in [0.3, 0.4) is 0 Å². The molecule has 0 unspecified atom stereocenters. The van der Waals surface area contributed by atoms with Gasteiger partial charge in [0.1, 0.15) is 5.82 Å². The summed E-state index contributed by atoms with van der Waals surface area (Å²) in [7, 11) is -3.16. The molecule has 1 aliphatic rings. The van der Waals surface area contributed by atoms with Gasteiger partial charge in [0.15, 0.2) is 16.4 Å². The van der Waals surface area contributed by atoms with Crippen LogP contribution in [-0.4, -0.2) is 43.9 Å². The molecule has 1 aliphatic heterocycles. The lowest BCUT2D eigenvalue weighted by molar-refractivity contribution is -0.148. The topological polar surface area (TPSA) is 89.5 Å². The Labute approximate surface area is 144 Å². The van der Waals surface area contributed by atoms with Gasteiger partial charge in [0.25, 0.3) is 5.91 Å². The van der Waals surface area contributed by atoms with Crippen LogP contribution in [0.15, 0.2) is 18.2 Å². The maximum absolute atomic E-state index is 13.6. The van der Waals surface area contributed by atoms with E-state index in [1.807, 2.05) is 0 Å². The maximum Gasteiger partial charge on any atom is 0.310 e. The number of sulfone groups is 1. The van der Waals surface area contributed by atoms with Gasteiger partial charge in [0.2, 0.25) is 0 Å². The van der Waals surface area contributed by atoms with E-state index in [-0.39, 0.29) is 22.1 Å². The second-order valence-electron chi connectivity index (χ2n) is 5.99. The first kappa shape index (κ1) is 18.7. The average Bonchev–Trinajstić information content (AvgIpc) is 2.74. The summed E-state index contributed by atoms with van der Waals surface area (Å²) in [5.41, 5.74) is -0.865. The summed E-state index contributed by atoms with van der Waals surface area (Å²) in [4.78, 5) is 23.5. The summed E-state index contributed by atoms with van der Waals surface area (Å²) in [5, 5.41) is 2.65. The summed E-state index contributed by atoms with van der Waals surface area (Å²) in [6.45, 7) is 1.05. The van der Waals surface area contributed by atoms with E-state index in [1.54, 1.807) is 6.92 Å². The fraction of sp³-hybridized carbons (Fsp3) is 0.467. The molecule has 1 amide bonds. The van der Waals surface area contributed by atoms with Crippen LogP contribution in [0, 0.1) is 5.82 Å². The second kappa shape index (κ2) is 7.06. The Kier molecular flexibility index (Phi) is 5.49. The van der Waals surface area contributed by atoms with Crippen molar-refractivity contribution in [2.24, 2.45) is 0 Å². The standard InChI is InChI=1S/C15H17ClFNO5S/c1-15(5-6-24(21,22)9-15)18-13(19)8-23-14(20)7-10-11(16)3-2-4-12(10)17/h2-4H,5-9H2,1H3,(H,18,19)/t15-/m1/s1. The number of hydrogen-bond acceptors (Lipinski definition) is 5. The monoisotopic (exact) mass is 377 g/mol. The Hall–Kier alpha value is -1.67. The highest BCUT2D eigenvalue weighted by molar-refractivity contribution is 7.91. The van der Waals surface area contributed by atoms with E-state index < -0.39 is 46.1 Å². The van der Waals surface area contributed by atoms with Crippen molar-refractivity contribution in [3.63, 3.8) is 0 Å². The molecule has 0 bridgehead atoms. The van der Waals surface area contributed by atoms with Gasteiger partial charge in [-0.05, 0) is 25.5 Å². The van der Waals surface area contributed by atoms with E-state index in [2.05, 4.69) is 5.32 Å². The third kappa shape index (κ3) is 4.91. The van der Waals surface area contributed by atoms with Gasteiger partial charge in [-0.25, -0.2) is 12.8 Å². The molecule has 1 aromatic rings. The summed E-state index contributed by atoms with van der Waals surface area (Å²) in [6, 6.07) is 4.03. The lowest BCUT2D eigenvalue weighted by atomic mass is 10.0. The molecule has 24 heavy (non-hydrogen) atoms. The quantitative estimate of drug-likeness (QED) is 0.780. The van der Waals surface area contributed by atoms with Gasteiger partial charge in [-0.2, -0.15) is 0 Å². The predicted molar refractivity (Wildman–Crippen MR) is 85.9 cm³/mol. The zero-order valence-corrected chi connectivity index (χ0v) is 14.5. The minimum Gasteiger partial charge on any atom is -0.455 e. The molecule has 0 aromatic heterocycles. The number of rotatable bonds is 5. The first-order valence-corrected chi connectivity index (χ1v) is 9.40. The van der Waals surface area contributed by atoms with Gasteiger partial charge in [-0.15, -0.1) is 0 Å². The summed E-state index contributed by atoms with van der Waals surface area (Å²) in [5.74, 6) is -2.18. The molecule has 0 aliphatic carbocycles. The minimum absolute atomic E-state index is 0.00146. The molecule has 1 heterocycles. The molecule has 1 fully saturated rings. The average molecular weight is 378 g/mol. The van der Waals surface area contributed by atoms with Crippen LogP contribution in [0.4, 0.5) is 4.39 Å². The Balaban J connectivity index is 1.85. The van der Waals surface area contributed by atoms with Crippen LogP contribution in [0.25, 0.3) is 0 Å². The Morgan fingerprint density at radius 3 is 2.71 bits per heavy atom. The largest absolute Gasteiger partial charge is 0.455 e. The van der Waals surface area contributed by atoms with Crippen LogP contribution < -0.4 is 5.32 Å². The third-order valence-electron chi connectivity index (χ3n) is 3.69. The number of carbonyl (C=O) groups excluding carboxylic acids is 2. The Morgan fingerprint density at radius 1 is 1.42 bits per heavy atom. The molecule has 1 N–H and O–H groups in total. The van der Waals surface area contributed by atoms with Crippen LogP contribution in [0.1, 0.15) is 18.9 Å². The molecular formula is C15H17ClFNO5S. The van der Waals surface area contributed by atoms with Crippen LogP contribution in [0.2, 0.25) is 5.02 Å². The number of halogens is 2. The number of ether oxygens (including phenoxy) is 1. The predicted octanol–water partition coefficient (Wildman–Crippen LogP) is 1.26. The fourth-order valence-electron chi connectivity index (χ4n) is 2.52. The van der Waals surface area contributed by atoms with E-state index >= 15 is 0 Å². The van der Waals surface area contributed by atoms with Gasteiger partial charge in [0, 0.05) is 10.6 Å². The van der Waals surface area contributed by atoms with Gasteiger partial charge < -0.3 is 10.1 Å². The first-order chi connectivity index (χ1) is 11.1. The third-order valence-corrected chi connectivity index (χ3v) is 5.95. The zero-order valence-electron chi connectivity index (χ0n) is 13.0. The second-order valence-corrected chi connectivity index (χ2v) is 8.58.